The molecule has 2 unspecified atom stereocenters. The number of hydrogen-bond acceptors (Lipinski definition) is 3. The van der Waals surface area contributed by atoms with Gasteiger partial charge in [-0.05, 0) is 49.8 Å². The summed E-state index contributed by atoms with van der Waals surface area (Å²) in [7, 11) is -2.84. The van der Waals surface area contributed by atoms with E-state index in [4.69, 9.17) is 0 Å². The first-order valence-corrected chi connectivity index (χ1v) is 9.49. The molecule has 1 aromatic carbocycles. The van der Waals surface area contributed by atoms with Crippen LogP contribution in [0.3, 0.4) is 0 Å². The van der Waals surface area contributed by atoms with Gasteiger partial charge in [0.25, 0.3) is 0 Å². The third kappa shape index (κ3) is 5.08. The lowest BCUT2D eigenvalue weighted by Gasteiger charge is -2.21. The molecule has 3 nitrogen and oxygen atoms in total. The van der Waals surface area contributed by atoms with E-state index < -0.39 is 9.84 Å². The quantitative estimate of drug-likeness (QED) is 0.841. The molecule has 1 saturated heterocycles. The van der Waals surface area contributed by atoms with Crippen molar-refractivity contribution in [3.05, 3.63) is 35.6 Å². The monoisotopic (exact) mass is 313 g/mol. The largest absolute Gasteiger partial charge is 0.314 e. The number of sulfone groups is 1. The Morgan fingerprint density at radius 3 is 2.76 bits per heavy atom. The van der Waals surface area contributed by atoms with Gasteiger partial charge < -0.3 is 5.32 Å². The highest BCUT2D eigenvalue weighted by Crippen LogP contribution is 2.24. The second kappa shape index (κ2) is 7.36. The Hall–Kier alpha value is -0.940. The molecule has 0 saturated carbocycles. The summed E-state index contributed by atoms with van der Waals surface area (Å²) in [5.74, 6) is 0.614. The van der Waals surface area contributed by atoms with Crippen LogP contribution in [0.1, 0.15) is 31.7 Å². The number of halogens is 1. The van der Waals surface area contributed by atoms with Crippen LogP contribution in [-0.4, -0.2) is 32.5 Å². The molecule has 0 aromatic heterocycles. The van der Waals surface area contributed by atoms with Crippen molar-refractivity contribution in [2.45, 2.75) is 38.6 Å². The Balaban J connectivity index is 1.99. The first-order valence-electron chi connectivity index (χ1n) is 7.67. The average Bonchev–Trinajstić information content (AvgIpc) is 2.77. The van der Waals surface area contributed by atoms with Crippen LogP contribution in [0.2, 0.25) is 0 Å². The topological polar surface area (TPSA) is 46.2 Å². The molecule has 5 heteroatoms. The zero-order valence-corrected chi connectivity index (χ0v) is 13.3. The minimum Gasteiger partial charge on any atom is -0.314 e. The van der Waals surface area contributed by atoms with Crippen molar-refractivity contribution in [3.8, 4) is 0 Å². The lowest BCUT2D eigenvalue weighted by atomic mass is 9.94. The molecule has 118 valence electrons. The number of rotatable bonds is 7. The van der Waals surface area contributed by atoms with Gasteiger partial charge in [0.05, 0.1) is 11.5 Å². The van der Waals surface area contributed by atoms with Gasteiger partial charge in [-0.2, -0.15) is 0 Å². The minimum atomic E-state index is -2.84. The maximum atomic E-state index is 13.8. The number of hydrogen-bond donors (Lipinski definition) is 1. The van der Waals surface area contributed by atoms with Crippen LogP contribution in [0, 0.1) is 11.7 Å². The average molecular weight is 313 g/mol. The van der Waals surface area contributed by atoms with E-state index in [0.717, 1.165) is 25.8 Å². The zero-order chi connectivity index (χ0) is 15.3. The highest BCUT2D eigenvalue weighted by Gasteiger charge is 2.29. The predicted molar refractivity (Wildman–Crippen MR) is 83.6 cm³/mol. The van der Waals surface area contributed by atoms with Crippen molar-refractivity contribution in [2.75, 3.05) is 18.1 Å². The maximum Gasteiger partial charge on any atom is 0.150 e. The minimum absolute atomic E-state index is 0.139. The normalized spacial score (nSPS) is 22.3. The predicted octanol–water partition coefficient (Wildman–Crippen LogP) is 2.56. The third-order valence-electron chi connectivity index (χ3n) is 4.05. The summed E-state index contributed by atoms with van der Waals surface area (Å²) in [6, 6.07) is 6.96. The first kappa shape index (κ1) is 16.4. The van der Waals surface area contributed by atoms with Crippen LogP contribution >= 0.6 is 0 Å². The fourth-order valence-electron chi connectivity index (χ4n) is 2.98. The number of nitrogens with one attached hydrogen (secondary N) is 1. The van der Waals surface area contributed by atoms with E-state index in [9.17, 15) is 12.8 Å². The van der Waals surface area contributed by atoms with Crippen LogP contribution in [0.5, 0.6) is 0 Å². The molecule has 21 heavy (non-hydrogen) atoms. The molecule has 0 spiro atoms. The van der Waals surface area contributed by atoms with Crippen molar-refractivity contribution in [2.24, 2.45) is 5.92 Å². The van der Waals surface area contributed by atoms with Crippen molar-refractivity contribution < 1.29 is 12.8 Å². The molecule has 0 bridgehead atoms. The SMILES string of the molecule is CCCNC(Cc1ccccc1F)CC1CCS(=O)(=O)C1. The maximum absolute atomic E-state index is 13.8. The molecule has 2 rings (SSSR count). The fraction of sp³-hybridized carbons (Fsp3) is 0.625. The molecule has 1 fully saturated rings. The first-order chi connectivity index (χ1) is 10.00. The summed E-state index contributed by atoms with van der Waals surface area (Å²) in [6.07, 6.45) is 3.16. The molecule has 2 atom stereocenters. The molecule has 0 aliphatic carbocycles. The molecule has 0 amide bonds. The number of benzene rings is 1. The van der Waals surface area contributed by atoms with Gasteiger partial charge in [0.1, 0.15) is 5.82 Å². The Kier molecular flexibility index (Phi) is 5.76. The summed E-state index contributed by atoms with van der Waals surface area (Å²) in [4.78, 5) is 0. The summed E-state index contributed by atoms with van der Waals surface area (Å²) < 4.78 is 36.9. The van der Waals surface area contributed by atoms with Crippen LogP contribution in [0.15, 0.2) is 24.3 Å². The standard InChI is InChI=1S/C16H24FNO2S/c1-2-8-18-15(10-13-7-9-21(19,20)12-13)11-14-5-3-4-6-16(14)17/h3-6,13,15,18H,2,7-12H2,1H3. The van der Waals surface area contributed by atoms with E-state index in [0.29, 0.717) is 17.7 Å². The lowest BCUT2D eigenvalue weighted by molar-refractivity contribution is 0.398. The van der Waals surface area contributed by atoms with E-state index in [-0.39, 0.29) is 23.5 Å². The van der Waals surface area contributed by atoms with Gasteiger partial charge in [-0.1, -0.05) is 25.1 Å². The van der Waals surface area contributed by atoms with E-state index in [2.05, 4.69) is 12.2 Å². The van der Waals surface area contributed by atoms with E-state index in [1.165, 1.54) is 6.07 Å². The van der Waals surface area contributed by atoms with E-state index in [1.54, 1.807) is 12.1 Å². The van der Waals surface area contributed by atoms with Crippen molar-refractivity contribution in [1.29, 1.82) is 0 Å². The Bertz CT molecular complexity index is 559. The van der Waals surface area contributed by atoms with Gasteiger partial charge in [-0.25, -0.2) is 12.8 Å². The summed E-state index contributed by atoms with van der Waals surface area (Å²) in [5.41, 5.74) is 0.701. The van der Waals surface area contributed by atoms with Crippen LogP contribution < -0.4 is 5.32 Å². The molecule has 1 heterocycles. The molecule has 1 aliphatic heterocycles. The lowest BCUT2D eigenvalue weighted by Crippen LogP contribution is -2.34. The molecular weight excluding hydrogens is 289 g/mol. The van der Waals surface area contributed by atoms with Gasteiger partial charge in [-0.15, -0.1) is 0 Å². The van der Waals surface area contributed by atoms with Crippen molar-refractivity contribution >= 4 is 9.84 Å². The molecule has 1 aliphatic rings. The third-order valence-corrected chi connectivity index (χ3v) is 5.89. The van der Waals surface area contributed by atoms with E-state index >= 15 is 0 Å². The molecule has 1 aromatic rings. The Labute approximate surface area is 126 Å². The van der Waals surface area contributed by atoms with E-state index in [1.807, 2.05) is 6.07 Å². The van der Waals surface area contributed by atoms with Gasteiger partial charge in [0.2, 0.25) is 0 Å². The summed E-state index contributed by atoms with van der Waals surface area (Å²) >= 11 is 0. The Morgan fingerprint density at radius 2 is 2.14 bits per heavy atom. The van der Waals surface area contributed by atoms with Gasteiger partial charge in [0.15, 0.2) is 9.84 Å². The molecule has 1 N–H and O–H groups in total. The van der Waals surface area contributed by atoms with Crippen LogP contribution in [0.25, 0.3) is 0 Å². The van der Waals surface area contributed by atoms with Gasteiger partial charge in [-0.3, -0.25) is 0 Å². The molecule has 0 radical (unpaired) electrons. The molecular formula is C16H24FNO2S. The smallest absolute Gasteiger partial charge is 0.150 e. The van der Waals surface area contributed by atoms with Crippen molar-refractivity contribution in [1.82, 2.24) is 5.32 Å². The van der Waals surface area contributed by atoms with Crippen LogP contribution in [-0.2, 0) is 16.3 Å². The highest BCUT2D eigenvalue weighted by molar-refractivity contribution is 7.91. The Morgan fingerprint density at radius 1 is 1.38 bits per heavy atom. The van der Waals surface area contributed by atoms with Crippen molar-refractivity contribution in [3.63, 3.8) is 0 Å². The fourth-order valence-corrected chi connectivity index (χ4v) is 4.86. The van der Waals surface area contributed by atoms with Crippen LogP contribution in [0.4, 0.5) is 4.39 Å². The van der Waals surface area contributed by atoms with Gasteiger partial charge in [0, 0.05) is 6.04 Å². The summed E-state index contributed by atoms with van der Waals surface area (Å²) in [6.45, 7) is 2.96. The highest BCUT2D eigenvalue weighted by atomic mass is 32.2. The summed E-state index contributed by atoms with van der Waals surface area (Å²) in [5, 5.41) is 3.44. The zero-order valence-electron chi connectivity index (χ0n) is 12.5. The van der Waals surface area contributed by atoms with Gasteiger partial charge >= 0.3 is 0 Å². The second-order valence-electron chi connectivity index (χ2n) is 5.95. The second-order valence-corrected chi connectivity index (χ2v) is 8.18.